The Balaban J connectivity index is 1.68. The number of amides is 1. The van der Waals surface area contributed by atoms with Gasteiger partial charge in [-0.2, -0.15) is 0 Å². The summed E-state index contributed by atoms with van der Waals surface area (Å²) >= 11 is 0. The highest BCUT2D eigenvalue weighted by molar-refractivity contribution is 5.77. The van der Waals surface area contributed by atoms with Crippen LogP contribution in [0.3, 0.4) is 0 Å². The van der Waals surface area contributed by atoms with Gasteiger partial charge in [-0.05, 0) is 24.5 Å². The van der Waals surface area contributed by atoms with Gasteiger partial charge in [-0.3, -0.25) is 14.7 Å². The number of rotatable bonds is 2. The molecule has 1 amide bonds. The van der Waals surface area contributed by atoms with Crippen molar-refractivity contribution in [3.8, 4) is 0 Å². The van der Waals surface area contributed by atoms with E-state index in [4.69, 9.17) is 0 Å². The maximum absolute atomic E-state index is 11.3. The van der Waals surface area contributed by atoms with Gasteiger partial charge >= 0.3 is 0 Å². The van der Waals surface area contributed by atoms with Crippen molar-refractivity contribution in [1.82, 2.24) is 15.2 Å². The van der Waals surface area contributed by atoms with E-state index < -0.39 is 0 Å². The van der Waals surface area contributed by atoms with E-state index in [1.54, 1.807) is 6.20 Å². The monoisotopic (exact) mass is 231 g/mol. The van der Waals surface area contributed by atoms with Crippen LogP contribution in [0.5, 0.6) is 0 Å². The van der Waals surface area contributed by atoms with Crippen molar-refractivity contribution in [2.45, 2.75) is 37.9 Å². The van der Waals surface area contributed by atoms with Crippen LogP contribution in [0.4, 0.5) is 0 Å². The third-order valence-electron chi connectivity index (χ3n) is 3.78. The average molecular weight is 231 g/mol. The van der Waals surface area contributed by atoms with Gasteiger partial charge in [0.1, 0.15) is 0 Å². The highest BCUT2D eigenvalue weighted by atomic mass is 16.1. The number of nitrogens with zero attached hydrogens (tertiary/aromatic N) is 2. The zero-order valence-corrected chi connectivity index (χ0v) is 9.80. The Labute approximate surface area is 101 Å². The highest BCUT2D eigenvalue weighted by Gasteiger charge is 2.37. The Morgan fingerprint density at radius 2 is 2.41 bits per heavy atom. The Morgan fingerprint density at radius 3 is 3.24 bits per heavy atom. The Bertz CT molecular complexity index is 406. The molecule has 0 unspecified atom stereocenters. The molecule has 4 heteroatoms. The molecule has 2 saturated heterocycles. The first-order chi connectivity index (χ1) is 8.33. The molecule has 0 aliphatic carbocycles. The number of piperidine rings is 1. The van der Waals surface area contributed by atoms with E-state index in [0.29, 0.717) is 18.5 Å². The molecule has 3 heterocycles. The van der Waals surface area contributed by atoms with Crippen LogP contribution in [0, 0.1) is 0 Å². The summed E-state index contributed by atoms with van der Waals surface area (Å²) in [5.74, 6) is 0.217. The predicted molar refractivity (Wildman–Crippen MR) is 64.2 cm³/mol. The molecule has 2 aliphatic heterocycles. The first-order valence-corrected chi connectivity index (χ1v) is 6.25. The maximum atomic E-state index is 11.3. The quantitative estimate of drug-likeness (QED) is 0.823. The van der Waals surface area contributed by atoms with Gasteiger partial charge in [-0.1, -0.05) is 6.07 Å². The lowest BCUT2D eigenvalue weighted by atomic mass is 9.99. The van der Waals surface area contributed by atoms with Crippen molar-refractivity contribution in [3.05, 3.63) is 30.1 Å². The third kappa shape index (κ3) is 2.17. The van der Waals surface area contributed by atoms with E-state index in [9.17, 15) is 4.79 Å². The SMILES string of the molecule is O=C1CC[C@@H]2[C@H](CCN2Cc2cccnc2)N1. The molecule has 0 saturated carbocycles. The minimum atomic E-state index is 0.217. The number of carbonyl (C=O) groups excluding carboxylic acids is 1. The van der Waals surface area contributed by atoms with E-state index in [1.165, 1.54) is 5.56 Å². The second-order valence-electron chi connectivity index (χ2n) is 4.90. The number of hydrogen-bond acceptors (Lipinski definition) is 3. The fourth-order valence-corrected chi connectivity index (χ4v) is 2.95. The van der Waals surface area contributed by atoms with Gasteiger partial charge in [0, 0.05) is 44.0 Å². The van der Waals surface area contributed by atoms with Crippen molar-refractivity contribution >= 4 is 5.91 Å². The second-order valence-corrected chi connectivity index (χ2v) is 4.90. The van der Waals surface area contributed by atoms with Gasteiger partial charge in [-0.15, -0.1) is 0 Å². The summed E-state index contributed by atoms with van der Waals surface area (Å²) in [6.45, 7) is 2.02. The third-order valence-corrected chi connectivity index (χ3v) is 3.78. The molecular formula is C13H17N3O. The minimum absolute atomic E-state index is 0.217. The van der Waals surface area contributed by atoms with Crippen LogP contribution in [-0.4, -0.2) is 34.4 Å². The number of aromatic nitrogens is 1. The first-order valence-electron chi connectivity index (χ1n) is 6.25. The normalized spacial score (nSPS) is 28.8. The molecule has 2 fully saturated rings. The van der Waals surface area contributed by atoms with E-state index in [2.05, 4.69) is 21.3 Å². The van der Waals surface area contributed by atoms with Crippen molar-refractivity contribution in [1.29, 1.82) is 0 Å². The summed E-state index contributed by atoms with van der Waals surface area (Å²) in [5.41, 5.74) is 1.25. The molecule has 0 aromatic carbocycles. The van der Waals surface area contributed by atoms with Gasteiger partial charge in [0.05, 0.1) is 0 Å². The fraction of sp³-hybridized carbons (Fsp3) is 0.538. The number of carbonyl (C=O) groups is 1. The van der Waals surface area contributed by atoms with E-state index in [1.807, 2.05) is 12.3 Å². The van der Waals surface area contributed by atoms with Gasteiger partial charge in [0.2, 0.25) is 5.91 Å². The smallest absolute Gasteiger partial charge is 0.220 e. The van der Waals surface area contributed by atoms with Gasteiger partial charge in [0.25, 0.3) is 0 Å². The van der Waals surface area contributed by atoms with E-state index in [-0.39, 0.29) is 5.91 Å². The molecule has 90 valence electrons. The highest BCUT2D eigenvalue weighted by Crippen LogP contribution is 2.26. The largest absolute Gasteiger partial charge is 0.352 e. The predicted octanol–water partition coefficient (Wildman–Crippen LogP) is 0.934. The van der Waals surface area contributed by atoms with E-state index in [0.717, 1.165) is 25.9 Å². The van der Waals surface area contributed by atoms with Gasteiger partial charge in [-0.25, -0.2) is 0 Å². The second kappa shape index (κ2) is 4.45. The lowest BCUT2D eigenvalue weighted by molar-refractivity contribution is -0.124. The summed E-state index contributed by atoms with van der Waals surface area (Å²) in [4.78, 5) is 18.0. The van der Waals surface area contributed by atoms with Crippen LogP contribution in [0.1, 0.15) is 24.8 Å². The molecule has 4 nitrogen and oxygen atoms in total. The first kappa shape index (κ1) is 10.7. The Morgan fingerprint density at radius 1 is 1.47 bits per heavy atom. The molecular weight excluding hydrogens is 214 g/mol. The summed E-state index contributed by atoms with van der Waals surface area (Å²) in [6.07, 6.45) is 6.48. The molecule has 0 radical (unpaired) electrons. The number of likely N-dealkylation sites (tertiary alicyclic amines) is 1. The molecule has 1 aromatic heterocycles. The van der Waals surface area contributed by atoms with Gasteiger partial charge < -0.3 is 5.32 Å². The lowest BCUT2D eigenvalue weighted by Gasteiger charge is -2.32. The van der Waals surface area contributed by atoms with Crippen molar-refractivity contribution in [2.24, 2.45) is 0 Å². The van der Waals surface area contributed by atoms with Crippen LogP contribution in [0.15, 0.2) is 24.5 Å². The lowest BCUT2D eigenvalue weighted by Crippen LogP contribution is -2.49. The summed E-state index contributed by atoms with van der Waals surface area (Å²) in [6, 6.07) is 4.98. The van der Waals surface area contributed by atoms with Crippen molar-refractivity contribution in [2.75, 3.05) is 6.54 Å². The number of nitrogens with one attached hydrogen (secondary N) is 1. The van der Waals surface area contributed by atoms with Crippen LogP contribution < -0.4 is 5.32 Å². The van der Waals surface area contributed by atoms with Gasteiger partial charge in [0.15, 0.2) is 0 Å². The summed E-state index contributed by atoms with van der Waals surface area (Å²) in [7, 11) is 0. The van der Waals surface area contributed by atoms with E-state index >= 15 is 0 Å². The maximum Gasteiger partial charge on any atom is 0.220 e. The fourth-order valence-electron chi connectivity index (χ4n) is 2.95. The molecule has 2 aliphatic rings. The van der Waals surface area contributed by atoms with Crippen LogP contribution in [-0.2, 0) is 11.3 Å². The molecule has 1 aromatic rings. The molecule has 3 rings (SSSR count). The molecule has 0 bridgehead atoms. The summed E-state index contributed by atoms with van der Waals surface area (Å²) in [5, 5.41) is 3.10. The molecule has 2 atom stereocenters. The molecule has 0 spiro atoms. The Kier molecular flexibility index (Phi) is 2.81. The molecule has 1 N–H and O–H groups in total. The standard InChI is InChI=1S/C13H17N3O/c17-13-4-3-12-11(15-13)5-7-16(12)9-10-2-1-6-14-8-10/h1-2,6,8,11-12H,3-5,7,9H2,(H,15,17)/t11-,12+/m0/s1. The average Bonchev–Trinajstić information content (AvgIpc) is 2.73. The summed E-state index contributed by atoms with van der Waals surface area (Å²) < 4.78 is 0. The molecule has 17 heavy (non-hydrogen) atoms. The van der Waals surface area contributed by atoms with Crippen LogP contribution in [0.2, 0.25) is 0 Å². The number of hydrogen-bond donors (Lipinski definition) is 1. The van der Waals surface area contributed by atoms with Crippen molar-refractivity contribution < 1.29 is 4.79 Å². The van der Waals surface area contributed by atoms with Crippen molar-refractivity contribution in [3.63, 3.8) is 0 Å². The van der Waals surface area contributed by atoms with Crippen LogP contribution in [0.25, 0.3) is 0 Å². The Hall–Kier alpha value is -1.42. The number of pyridine rings is 1. The zero-order chi connectivity index (χ0) is 11.7. The number of fused-ring (bicyclic) bond motifs is 1. The topological polar surface area (TPSA) is 45.2 Å². The van der Waals surface area contributed by atoms with Crippen LogP contribution >= 0.6 is 0 Å². The zero-order valence-electron chi connectivity index (χ0n) is 9.80. The minimum Gasteiger partial charge on any atom is -0.352 e.